The molecular weight excluding hydrogens is 234 g/mol. The van der Waals surface area contributed by atoms with Gasteiger partial charge in [-0.05, 0) is 26.3 Å². The van der Waals surface area contributed by atoms with Gasteiger partial charge in [0.2, 0.25) is 11.7 Å². The number of rotatable bonds is 2. The minimum atomic E-state index is -0.184. The summed E-state index contributed by atoms with van der Waals surface area (Å²) in [5.41, 5.74) is -0.0565. The molecule has 2 aliphatic heterocycles. The monoisotopic (exact) mass is 253 g/mol. The lowest BCUT2D eigenvalue weighted by Crippen LogP contribution is -2.41. The summed E-state index contributed by atoms with van der Waals surface area (Å²) in [6, 6.07) is 0. The second-order valence-electron chi connectivity index (χ2n) is 5.23. The summed E-state index contributed by atoms with van der Waals surface area (Å²) >= 11 is 0. The van der Waals surface area contributed by atoms with Gasteiger partial charge < -0.3 is 19.3 Å². The van der Waals surface area contributed by atoms with E-state index in [1.54, 1.807) is 0 Å². The molecule has 2 aliphatic rings. The lowest BCUT2D eigenvalue weighted by molar-refractivity contribution is -0.0941. The zero-order chi connectivity index (χ0) is 12.4. The topological polar surface area (TPSA) is 69.4 Å². The summed E-state index contributed by atoms with van der Waals surface area (Å²) < 4.78 is 16.4. The summed E-state index contributed by atoms with van der Waals surface area (Å²) in [6.07, 6.45) is 2.03. The molecule has 0 bridgehead atoms. The van der Waals surface area contributed by atoms with E-state index in [0.29, 0.717) is 31.5 Å². The molecule has 0 radical (unpaired) electrons. The highest BCUT2D eigenvalue weighted by atomic mass is 16.6. The van der Waals surface area contributed by atoms with E-state index in [1.807, 2.05) is 0 Å². The Labute approximate surface area is 106 Å². The van der Waals surface area contributed by atoms with Gasteiger partial charge in [-0.2, -0.15) is 4.98 Å². The zero-order valence-corrected chi connectivity index (χ0v) is 10.6. The van der Waals surface area contributed by atoms with Gasteiger partial charge in [0.05, 0.1) is 25.2 Å². The first-order valence-corrected chi connectivity index (χ1v) is 6.52. The Morgan fingerprint density at radius 1 is 1.39 bits per heavy atom. The van der Waals surface area contributed by atoms with Gasteiger partial charge >= 0.3 is 0 Å². The number of hydrogen-bond acceptors (Lipinski definition) is 6. The molecule has 0 aliphatic carbocycles. The second kappa shape index (κ2) is 4.95. The fraction of sp³-hybridized carbons (Fsp3) is 0.833. The number of piperidine rings is 1. The maximum Gasteiger partial charge on any atom is 0.233 e. The SMILES string of the molecule is CC1(c2nc(C3COCCO3)no2)CCCNC1. The fourth-order valence-corrected chi connectivity index (χ4v) is 2.49. The van der Waals surface area contributed by atoms with E-state index in [2.05, 4.69) is 22.4 Å². The summed E-state index contributed by atoms with van der Waals surface area (Å²) in [7, 11) is 0. The quantitative estimate of drug-likeness (QED) is 0.840. The van der Waals surface area contributed by atoms with E-state index in [0.717, 1.165) is 25.9 Å². The molecule has 2 fully saturated rings. The number of hydrogen-bond donors (Lipinski definition) is 1. The van der Waals surface area contributed by atoms with Gasteiger partial charge in [0.1, 0.15) is 6.10 Å². The largest absolute Gasteiger partial charge is 0.376 e. The maximum atomic E-state index is 5.57. The van der Waals surface area contributed by atoms with Crippen LogP contribution in [0.4, 0.5) is 0 Å². The number of aromatic nitrogens is 2. The molecule has 2 unspecified atom stereocenters. The highest BCUT2D eigenvalue weighted by Crippen LogP contribution is 2.30. The summed E-state index contributed by atoms with van der Waals surface area (Å²) in [5.74, 6) is 1.32. The Morgan fingerprint density at radius 2 is 2.33 bits per heavy atom. The highest BCUT2D eigenvalue weighted by Gasteiger charge is 2.35. The molecule has 2 atom stereocenters. The molecule has 6 heteroatoms. The van der Waals surface area contributed by atoms with Crippen LogP contribution >= 0.6 is 0 Å². The molecule has 0 saturated carbocycles. The molecule has 1 aromatic heterocycles. The molecule has 1 aromatic rings. The average Bonchev–Trinajstić information content (AvgIpc) is 2.91. The predicted molar refractivity (Wildman–Crippen MR) is 63.3 cm³/mol. The van der Waals surface area contributed by atoms with Crippen LogP contribution < -0.4 is 5.32 Å². The molecule has 6 nitrogen and oxygen atoms in total. The van der Waals surface area contributed by atoms with Crippen LogP contribution in [-0.2, 0) is 14.9 Å². The van der Waals surface area contributed by atoms with Crippen molar-refractivity contribution >= 4 is 0 Å². The fourth-order valence-electron chi connectivity index (χ4n) is 2.49. The van der Waals surface area contributed by atoms with Crippen molar-refractivity contribution in [2.75, 3.05) is 32.9 Å². The smallest absolute Gasteiger partial charge is 0.233 e. The molecule has 0 spiro atoms. The van der Waals surface area contributed by atoms with Crippen LogP contribution in [0, 0.1) is 0 Å². The lowest BCUT2D eigenvalue weighted by atomic mass is 9.83. The van der Waals surface area contributed by atoms with Gasteiger partial charge in [0.25, 0.3) is 0 Å². The van der Waals surface area contributed by atoms with E-state index < -0.39 is 0 Å². The summed E-state index contributed by atoms with van der Waals surface area (Å²) in [4.78, 5) is 4.51. The van der Waals surface area contributed by atoms with Crippen molar-refractivity contribution < 1.29 is 14.0 Å². The van der Waals surface area contributed by atoms with E-state index in [4.69, 9.17) is 14.0 Å². The first-order chi connectivity index (χ1) is 8.78. The van der Waals surface area contributed by atoms with Crippen molar-refractivity contribution in [2.45, 2.75) is 31.3 Å². The van der Waals surface area contributed by atoms with Crippen LogP contribution in [-0.4, -0.2) is 43.1 Å². The van der Waals surface area contributed by atoms with Crippen LogP contribution in [0.3, 0.4) is 0 Å². The van der Waals surface area contributed by atoms with Crippen molar-refractivity contribution in [2.24, 2.45) is 0 Å². The Bertz CT molecular complexity index is 395. The van der Waals surface area contributed by atoms with Crippen LogP contribution in [0.5, 0.6) is 0 Å². The van der Waals surface area contributed by atoms with Gasteiger partial charge in [-0.3, -0.25) is 0 Å². The van der Waals surface area contributed by atoms with Crippen LogP contribution in [0.2, 0.25) is 0 Å². The van der Waals surface area contributed by atoms with E-state index in [1.165, 1.54) is 0 Å². The molecule has 1 N–H and O–H groups in total. The van der Waals surface area contributed by atoms with Gasteiger partial charge in [0, 0.05) is 6.54 Å². The average molecular weight is 253 g/mol. The number of nitrogens with zero attached hydrogens (tertiary/aromatic N) is 2. The molecule has 2 saturated heterocycles. The maximum absolute atomic E-state index is 5.57. The standard InChI is InChI=1S/C12H19N3O3/c1-12(3-2-4-13-8-12)11-14-10(15-18-11)9-7-16-5-6-17-9/h9,13H,2-8H2,1H3. The van der Waals surface area contributed by atoms with Crippen LogP contribution in [0.15, 0.2) is 4.52 Å². The van der Waals surface area contributed by atoms with Crippen molar-refractivity contribution in [1.82, 2.24) is 15.5 Å². The molecular formula is C12H19N3O3. The molecule has 100 valence electrons. The Morgan fingerprint density at radius 3 is 3.06 bits per heavy atom. The highest BCUT2D eigenvalue weighted by molar-refractivity contribution is 5.07. The molecule has 3 rings (SSSR count). The van der Waals surface area contributed by atoms with Crippen LogP contribution in [0.25, 0.3) is 0 Å². The Hall–Kier alpha value is -0.980. The van der Waals surface area contributed by atoms with E-state index in [9.17, 15) is 0 Å². The first kappa shape index (κ1) is 12.1. The van der Waals surface area contributed by atoms with Crippen molar-refractivity contribution in [3.63, 3.8) is 0 Å². The zero-order valence-electron chi connectivity index (χ0n) is 10.6. The molecule has 0 amide bonds. The van der Waals surface area contributed by atoms with Crippen LogP contribution in [0.1, 0.15) is 37.6 Å². The van der Waals surface area contributed by atoms with Crippen molar-refractivity contribution in [3.05, 3.63) is 11.7 Å². The molecule has 3 heterocycles. The minimum Gasteiger partial charge on any atom is -0.376 e. The van der Waals surface area contributed by atoms with Crippen molar-refractivity contribution in [1.29, 1.82) is 0 Å². The predicted octanol–water partition coefficient (Wildman–Crippen LogP) is 0.799. The van der Waals surface area contributed by atoms with Crippen molar-refractivity contribution in [3.8, 4) is 0 Å². The Balaban J connectivity index is 1.75. The third-order valence-electron chi connectivity index (χ3n) is 3.66. The summed E-state index contributed by atoms with van der Waals surface area (Å²) in [6.45, 7) is 5.85. The Kier molecular flexibility index (Phi) is 3.32. The molecule has 0 aromatic carbocycles. The second-order valence-corrected chi connectivity index (χ2v) is 5.23. The third-order valence-corrected chi connectivity index (χ3v) is 3.66. The number of ether oxygens (including phenoxy) is 2. The normalized spacial score (nSPS) is 33.5. The summed E-state index contributed by atoms with van der Waals surface area (Å²) in [5, 5.41) is 7.42. The van der Waals surface area contributed by atoms with Gasteiger partial charge in [-0.1, -0.05) is 5.16 Å². The number of nitrogens with one attached hydrogen (secondary N) is 1. The first-order valence-electron chi connectivity index (χ1n) is 6.52. The molecule has 18 heavy (non-hydrogen) atoms. The van der Waals surface area contributed by atoms with Gasteiger partial charge in [-0.15, -0.1) is 0 Å². The van der Waals surface area contributed by atoms with E-state index >= 15 is 0 Å². The lowest BCUT2D eigenvalue weighted by Gasteiger charge is -2.30. The van der Waals surface area contributed by atoms with Gasteiger partial charge in [-0.25, -0.2) is 0 Å². The minimum absolute atomic E-state index is 0.0565. The third kappa shape index (κ3) is 2.28. The van der Waals surface area contributed by atoms with E-state index in [-0.39, 0.29) is 11.5 Å². The van der Waals surface area contributed by atoms with Gasteiger partial charge in [0.15, 0.2) is 0 Å².